The summed E-state index contributed by atoms with van der Waals surface area (Å²) in [6.07, 6.45) is 0. The average molecular weight is 300 g/mol. The van der Waals surface area contributed by atoms with Gasteiger partial charge in [-0.05, 0) is 18.2 Å². The summed E-state index contributed by atoms with van der Waals surface area (Å²) in [5, 5.41) is 11.3. The molecule has 0 aliphatic carbocycles. The number of hydrogen-bond acceptors (Lipinski definition) is 3. The topological polar surface area (TPSA) is 86.7 Å². The fraction of sp³-hybridized carbons (Fsp3) is 0.333. The number of aromatic carboxylic acids is 1. The number of urea groups is 1. The van der Waals surface area contributed by atoms with Crippen LogP contribution in [0.15, 0.2) is 18.2 Å². The Morgan fingerprint density at radius 3 is 2.55 bits per heavy atom. The molecule has 2 N–H and O–H groups in total. The van der Waals surface area contributed by atoms with Gasteiger partial charge >= 0.3 is 12.0 Å². The van der Waals surface area contributed by atoms with Crippen molar-refractivity contribution in [2.24, 2.45) is 0 Å². The van der Waals surface area contributed by atoms with E-state index in [1.54, 1.807) is 0 Å². The van der Waals surface area contributed by atoms with Crippen molar-refractivity contribution in [1.82, 2.24) is 4.90 Å². The van der Waals surface area contributed by atoms with E-state index in [4.69, 9.17) is 5.11 Å². The van der Waals surface area contributed by atoms with Crippen LogP contribution in [-0.2, 0) is 10.8 Å². The van der Waals surface area contributed by atoms with Crippen molar-refractivity contribution >= 4 is 28.5 Å². The first-order valence-corrected chi connectivity index (χ1v) is 7.40. The highest BCUT2D eigenvalue weighted by Gasteiger charge is 2.20. The Balaban J connectivity index is 2.06. The van der Waals surface area contributed by atoms with Crippen LogP contribution in [-0.4, -0.2) is 50.8 Å². The maximum absolute atomic E-state index is 13.2. The van der Waals surface area contributed by atoms with Crippen molar-refractivity contribution in [3.05, 3.63) is 29.6 Å². The van der Waals surface area contributed by atoms with Gasteiger partial charge in [0.15, 0.2) is 0 Å². The lowest BCUT2D eigenvalue weighted by molar-refractivity contribution is 0.0692. The number of hydrogen-bond donors (Lipinski definition) is 2. The fourth-order valence-corrected chi connectivity index (χ4v) is 2.86. The van der Waals surface area contributed by atoms with Gasteiger partial charge in [-0.1, -0.05) is 0 Å². The van der Waals surface area contributed by atoms with Gasteiger partial charge in [0.25, 0.3) is 0 Å². The zero-order valence-electron chi connectivity index (χ0n) is 10.5. The first kappa shape index (κ1) is 14.4. The van der Waals surface area contributed by atoms with Crippen LogP contribution in [0.5, 0.6) is 0 Å². The number of rotatable bonds is 2. The summed E-state index contributed by atoms with van der Waals surface area (Å²) in [6.45, 7) is 0.761. The second kappa shape index (κ2) is 6.00. The second-order valence-electron chi connectivity index (χ2n) is 4.27. The third-order valence-corrected chi connectivity index (χ3v) is 4.19. The third kappa shape index (κ3) is 3.32. The molecule has 1 fully saturated rings. The summed E-state index contributed by atoms with van der Waals surface area (Å²) < 4.78 is 24.4. The Labute approximate surface area is 117 Å². The molecule has 0 bridgehead atoms. The molecule has 1 saturated heterocycles. The van der Waals surface area contributed by atoms with Gasteiger partial charge in [-0.2, -0.15) is 0 Å². The first-order chi connectivity index (χ1) is 9.47. The molecule has 0 unspecified atom stereocenters. The molecule has 2 rings (SSSR count). The quantitative estimate of drug-likeness (QED) is 0.857. The van der Waals surface area contributed by atoms with Crippen LogP contribution in [0.1, 0.15) is 10.4 Å². The number of nitrogens with zero attached hydrogens (tertiary/aromatic N) is 1. The lowest BCUT2D eigenvalue weighted by atomic mass is 10.2. The van der Waals surface area contributed by atoms with Gasteiger partial charge in [0.1, 0.15) is 5.82 Å². The van der Waals surface area contributed by atoms with Crippen molar-refractivity contribution in [2.75, 3.05) is 29.9 Å². The minimum absolute atomic E-state index is 0.209. The normalized spacial score (nSPS) is 15.9. The van der Waals surface area contributed by atoms with E-state index in [0.29, 0.717) is 24.6 Å². The van der Waals surface area contributed by atoms with Crippen LogP contribution in [0.25, 0.3) is 0 Å². The summed E-state index contributed by atoms with van der Waals surface area (Å²) in [7, 11) is -0.886. The predicted octanol–water partition coefficient (Wildman–Crippen LogP) is 1.12. The molecule has 0 spiro atoms. The van der Waals surface area contributed by atoms with Gasteiger partial charge in [-0.3, -0.25) is 4.21 Å². The van der Waals surface area contributed by atoms with E-state index in [2.05, 4.69) is 5.32 Å². The molecule has 1 aliphatic rings. The number of amides is 2. The van der Waals surface area contributed by atoms with Gasteiger partial charge in [0.05, 0.1) is 5.56 Å². The molecule has 0 saturated carbocycles. The molecule has 0 aromatic heterocycles. The SMILES string of the molecule is O=C(O)c1cc(NC(=O)N2CCS(=O)CC2)ccc1F. The van der Waals surface area contributed by atoms with Gasteiger partial charge < -0.3 is 15.3 Å². The second-order valence-corrected chi connectivity index (χ2v) is 5.96. The van der Waals surface area contributed by atoms with E-state index in [1.165, 1.54) is 11.0 Å². The van der Waals surface area contributed by atoms with Crippen LogP contribution < -0.4 is 5.32 Å². The molecule has 0 radical (unpaired) electrons. The Morgan fingerprint density at radius 2 is 1.95 bits per heavy atom. The molecule has 1 heterocycles. The minimum Gasteiger partial charge on any atom is -0.478 e. The van der Waals surface area contributed by atoms with Crippen LogP contribution in [0, 0.1) is 5.82 Å². The zero-order valence-corrected chi connectivity index (χ0v) is 11.3. The summed E-state index contributed by atoms with van der Waals surface area (Å²) in [4.78, 5) is 24.2. The Hall–Kier alpha value is -1.96. The van der Waals surface area contributed by atoms with Crippen molar-refractivity contribution in [3.63, 3.8) is 0 Å². The largest absolute Gasteiger partial charge is 0.478 e. The molecule has 1 aliphatic heterocycles. The third-order valence-electron chi connectivity index (χ3n) is 2.91. The summed E-state index contributed by atoms with van der Waals surface area (Å²) in [6, 6.07) is 2.94. The standard InChI is InChI=1S/C12H13FN2O4S/c13-10-2-1-8(7-9(10)11(16)17)14-12(18)15-3-5-20(19)6-4-15/h1-2,7H,3-6H2,(H,14,18)(H,16,17). The maximum atomic E-state index is 13.2. The van der Waals surface area contributed by atoms with E-state index in [1.807, 2.05) is 0 Å². The Bertz CT molecular complexity index is 569. The van der Waals surface area contributed by atoms with Crippen molar-refractivity contribution in [1.29, 1.82) is 0 Å². The van der Waals surface area contributed by atoms with Gasteiger partial charge in [0.2, 0.25) is 0 Å². The number of anilines is 1. The van der Waals surface area contributed by atoms with E-state index in [-0.39, 0.29) is 5.69 Å². The van der Waals surface area contributed by atoms with Gasteiger partial charge in [-0.15, -0.1) is 0 Å². The lowest BCUT2D eigenvalue weighted by Crippen LogP contribution is -2.44. The van der Waals surface area contributed by atoms with Crippen LogP contribution in [0.4, 0.5) is 14.9 Å². The van der Waals surface area contributed by atoms with Crippen LogP contribution in [0.3, 0.4) is 0 Å². The van der Waals surface area contributed by atoms with E-state index in [9.17, 15) is 18.2 Å². The zero-order chi connectivity index (χ0) is 14.7. The minimum atomic E-state index is -1.40. The number of carbonyl (C=O) groups excluding carboxylic acids is 1. The number of benzene rings is 1. The fourth-order valence-electron chi connectivity index (χ4n) is 1.81. The van der Waals surface area contributed by atoms with Crippen LogP contribution >= 0.6 is 0 Å². The predicted molar refractivity (Wildman–Crippen MR) is 71.8 cm³/mol. The van der Waals surface area contributed by atoms with Crippen molar-refractivity contribution < 1.29 is 23.3 Å². The summed E-state index contributed by atoms with van der Waals surface area (Å²) in [5.41, 5.74) is -0.289. The number of nitrogens with one attached hydrogen (secondary N) is 1. The van der Waals surface area contributed by atoms with E-state index < -0.39 is 34.2 Å². The molecule has 0 atom stereocenters. The molecule has 108 valence electrons. The Kier molecular flexibility index (Phi) is 4.33. The molecule has 1 aromatic rings. The molecule has 1 aromatic carbocycles. The number of carboxylic acids is 1. The maximum Gasteiger partial charge on any atom is 0.338 e. The summed E-state index contributed by atoms with van der Waals surface area (Å²) in [5.74, 6) is -1.40. The van der Waals surface area contributed by atoms with Crippen LogP contribution in [0.2, 0.25) is 0 Å². The smallest absolute Gasteiger partial charge is 0.338 e. The lowest BCUT2D eigenvalue weighted by Gasteiger charge is -2.26. The molecular weight excluding hydrogens is 287 g/mol. The molecule has 6 nitrogen and oxygen atoms in total. The highest BCUT2D eigenvalue weighted by atomic mass is 32.2. The highest BCUT2D eigenvalue weighted by Crippen LogP contribution is 2.15. The Morgan fingerprint density at radius 1 is 1.30 bits per heavy atom. The van der Waals surface area contributed by atoms with Crippen molar-refractivity contribution in [2.45, 2.75) is 0 Å². The van der Waals surface area contributed by atoms with Gasteiger partial charge in [-0.25, -0.2) is 14.0 Å². The molecule has 20 heavy (non-hydrogen) atoms. The highest BCUT2D eigenvalue weighted by molar-refractivity contribution is 7.85. The average Bonchev–Trinajstić information content (AvgIpc) is 2.41. The van der Waals surface area contributed by atoms with E-state index in [0.717, 1.165) is 12.1 Å². The van der Waals surface area contributed by atoms with E-state index >= 15 is 0 Å². The molecular formula is C12H13FN2O4S. The van der Waals surface area contributed by atoms with Gasteiger partial charge in [0, 0.05) is 41.1 Å². The molecule has 2 amide bonds. The first-order valence-electron chi connectivity index (χ1n) is 5.91. The number of carbonyl (C=O) groups is 2. The molecule has 8 heteroatoms. The van der Waals surface area contributed by atoms with Crippen molar-refractivity contribution in [3.8, 4) is 0 Å². The monoisotopic (exact) mass is 300 g/mol. The number of halogens is 1. The number of carboxylic acid groups (broad SMARTS) is 1. The summed E-state index contributed by atoms with van der Waals surface area (Å²) >= 11 is 0.